The zero-order chi connectivity index (χ0) is 67.4. The molecule has 16 aromatic rings. The van der Waals surface area contributed by atoms with Gasteiger partial charge in [-0.15, -0.1) is 0 Å². The minimum Gasteiger partial charge on any atom is -0.0622 e. The number of hydrogen-bond acceptors (Lipinski definition) is 0. The lowest BCUT2D eigenvalue weighted by Gasteiger charge is -2.25. The van der Waals surface area contributed by atoms with Crippen LogP contribution < -0.4 is 0 Å². The van der Waals surface area contributed by atoms with Crippen LogP contribution in [0.5, 0.6) is 0 Å². The molecule has 0 atom stereocenters. The molecule has 0 aliphatic heterocycles. The molecule has 0 unspecified atom stereocenters. The first-order chi connectivity index (χ1) is 47.8. The quantitative estimate of drug-likeness (QED) is 0.146. The Hall–Kier alpha value is -10.9. The Bertz CT molecular complexity index is 6290. The van der Waals surface area contributed by atoms with Crippen molar-refractivity contribution in [3.8, 4) is 100 Å². The Morgan fingerprint density at radius 2 is 0.384 bits per heavy atom. The van der Waals surface area contributed by atoms with Crippen LogP contribution >= 0.6 is 0 Å². The third kappa shape index (κ3) is 8.39. The maximum atomic E-state index is 2.56. The van der Waals surface area contributed by atoms with Gasteiger partial charge in [-0.1, -0.05) is 266 Å². The minimum absolute atomic E-state index is 0.119. The highest BCUT2D eigenvalue weighted by Gasteiger charge is 2.40. The molecule has 3 aliphatic carbocycles. The highest BCUT2D eigenvalue weighted by Crippen LogP contribution is 2.58. The molecule has 0 saturated heterocycles. The van der Waals surface area contributed by atoms with Crippen molar-refractivity contribution in [1.29, 1.82) is 0 Å². The molecule has 0 nitrogen and oxygen atoms in total. The molecule has 0 heteroatoms. The molecular formula is C99H78. The lowest BCUT2D eigenvalue weighted by molar-refractivity contribution is 0.660. The standard InChI is InChI=1S/C99H78/c1-55-44-79-80(45-56(55)2)92(74-28-17-16-27-73(74)91(79)61-24-14-13-15-25-61)65-37-42-71-69-39-34-62(50-86(69)98(9,10)89(71)53-65)63-35-40-70-72-43-38-66(54-90(72)99(11,12)87(70)51-63)94-76-30-19-21-32-78(76)96(84-49-60(6)58(4)47-82(84)94)95-77-31-20-18-29-75(77)93(81-46-57(3)59(5)48-83(81)95)64-36-41-68-67-26-22-23-33-85(67)97(7,8)88(68)52-64/h13-54H,1-12H3. The average molecular weight is 1270 g/mol. The van der Waals surface area contributed by atoms with E-state index in [4.69, 9.17) is 0 Å². The van der Waals surface area contributed by atoms with Crippen LogP contribution in [0.2, 0.25) is 0 Å². The molecule has 0 spiro atoms. The van der Waals surface area contributed by atoms with Crippen molar-refractivity contribution < 1.29 is 0 Å². The summed E-state index contributed by atoms with van der Waals surface area (Å²) in [6, 6.07) is 99.2. The van der Waals surface area contributed by atoms with Crippen LogP contribution in [0.1, 0.15) is 108 Å². The van der Waals surface area contributed by atoms with Crippen LogP contribution in [0.3, 0.4) is 0 Å². The van der Waals surface area contributed by atoms with Crippen molar-refractivity contribution in [3.63, 3.8) is 0 Å². The van der Waals surface area contributed by atoms with Gasteiger partial charge in [0.2, 0.25) is 0 Å². The third-order valence-electron chi connectivity index (χ3n) is 24.4. The predicted molar refractivity (Wildman–Crippen MR) is 425 cm³/mol. The van der Waals surface area contributed by atoms with Gasteiger partial charge >= 0.3 is 0 Å². The lowest BCUT2D eigenvalue weighted by atomic mass is 9.78. The Morgan fingerprint density at radius 1 is 0.162 bits per heavy atom. The van der Waals surface area contributed by atoms with Gasteiger partial charge in [0.15, 0.2) is 0 Å². The second-order valence-corrected chi connectivity index (χ2v) is 30.9. The zero-order valence-electron chi connectivity index (χ0n) is 58.7. The van der Waals surface area contributed by atoms with Crippen molar-refractivity contribution in [2.24, 2.45) is 0 Å². The van der Waals surface area contributed by atoms with Crippen LogP contribution in [-0.2, 0) is 16.2 Å². The normalized spacial score (nSPS) is 14.3. The van der Waals surface area contributed by atoms with Gasteiger partial charge in [0, 0.05) is 16.2 Å². The maximum absolute atomic E-state index is 2.56. The molecule has 0 fully saturated rings. The van der Waals surface area contributed by atoms with Crippen LogP contribution in [0, 0.1) is 41.5 Å². The third-order valence-corrected chi connectivity index (χ3v) is 24.4. The Kier molecular flexibility index (Phi) is 12.6. The molecular weight excluding hydrogens is 1190 g/mol. The van der Waals surface area contributed by atoms with Gasteiger partial charge in [-0.05, 0) is 303 Å². The molecule has 0 radical (unpaired) electrons. The smallest absolute Gasteiger partial charge is 0.0159 e. The van der Waals surface area contributed by atoms with E-state index in [2.05, 4.69) is 338 Å². The SMILES string of the molecule is Cc1cc2c(-c3ccccc3)c3ccccc3c(-c3ccc4c(c3)C(C)(C)c3cc(-c5ccc6c(c5)C(C)(C)c5cc(-c7c8ccccc8c(-c8c9ccccc9c(-c9ccc%10c(c9)C(C)(C)c9ccccc9-%10)c9cc(C)c(C)cc89)c8cc(C)c(C)cc78)ccc5-6)ccc3-4)c2cc1C. The number of hydrogen-bond donors (Lipinski definition) is 0. The van der Waals surface area contributed by atoms with Gasteiger partial charge in [0.1, 0.15) is 0 Å². The average Bonchev–Trinajstić information content (AvgIpc) is 1.36. The van der Waals surface area contributed by atoms with Crippen molar-refractivity contribution in [2.45, 2.75) is 99.3 Å². The highest BCUT2D eigenvalue weighted by atomic mass is 14.4. The molecule has 474 valence electrons. The fourth-order valence-electron chi connectivity index (χ4n) is 18.7. The van der Waals surface area contributed by atoms with E-state index in [0.29, 0.717) is 0 Å². The van der Waals surface area contributed by atoms with Crippen molar-refractivity contribution in [3.05, 3.63) is 322 Å². The lowest BCUT2D eigenvalue weighted by Crippen LogP contribution is -2.15. The summed E-state index contributed by atoms with van der Waals surface area (Å²) in [4.78, 5) is 0. The molecule has 3 aliphatic rings. The maximum Gasteiger partial charge on any atom is 0.0159 e. The summed E-state index contributed by atoms with van der Waals surface area (Å²) in [5.41, 5.74) is 38.9. The molecule has 19 rings (SSSR count). The van der Waals surface area contributed by atoms with Crippen LogP contribution in [0.25, 0.3) is 165 Å². The van der Waals surface area contributed by atoms with Crippen LogP contribution in [0.4, 0.5) is 0 Å². The first-order valence-electron chi connectivity index (χ1n) is 35.6. The first kappa shape index (κ1) is 59.4. The molecule has 0 heterocycles. The summed E-state index contributed by atoms with van der Waals surface area (Å²) in [6.45, 7) is 28.3. The van der Waals surface area contributed by atoms with Crippen LogP contribution in [0.15, 0.2) is 255 Å². The molecule has 0 N–H and O–H groups in total. The first-order valence-corrected chi connectivity index (χ1v) is 35.6. The van der Waals surface area contributed by atoms with Crippen molar-refractivity contribution >= 4 is 64.6 Å². The van der Waals surface area contributed by atoms with E-state index in [1.165, 1.54) is 232 Å². The van der Waals surface area contributed by atoms with Gasteiger partial charge in [-0.2, -0.15) is 0 Å². The van der Waals surface area contributed by atoms with Gasteiger partial charge in [-0.3, -0.25) is 0 Å². The van der Waals surface area contributed by atoms with E-state index >= 15 is 0 Å². The Labute approximate surface area is 581 Å². The topological polar surface area (TPSA) is 0 Å². The molecule has 0 amide bonds. The largest absolute Gasteiger partial charge is 0.0622 e. The fourth-order valence-corrected chi connectivity index (χ4v) is 18.7. The highest BCUT2D eigenvalue weighted by molar-refractivity contribution is 6.30. The second-order valence-electron chi connectivity index (χ2n) is 30.9. The summed E-state index contributed by atoms with van der Waals surface area (Å²) >= 11 is 0. The molecule has 0 saturated carbocycles. The molecule has 0 aromatic heterocycles. The Balaban J connectivity index is 0.716. The van der Waals surface area contributed by atoms with E-state index in [9.17, 15) is 0 Å². The van der Waals surface area contributed by atoms with E-state index < -0.39 is 0 Å². The number of rotatable bonds is 6. The summed E-state index contributed by atoms with van der Waals surface area (Å²) in [5, 5.41) is 15.4. The monoisotopic (exact) mass is 1270 g/mol. The van der Waals surface area contributed by atoms with Crippen LogP contribution in [-0.4, -0.2) is 0 Å². The van der Waals surface area contributed by atoms with Crippen molar-refractivity contribution in [1.82, 2.24) is 0 Å². The summed E-state index contributed by atoms with van der Waals surface area (Å²) < 4.78 is 0. The van der Waals surface area contributed by atoms with Crippen molar-refractivity contribution in [2.75, 3.05) is 0 Å². The number of benzene rings is 16. The predicted octanol–water partition coefficient (Wildman–Crippen LogP) is 27.4. The van der Waals surface area contributed by atoms with Gasteiger partial charge in [-0.25, -0.2) is 0 Å². The van der Waals surface area contributed by atoms with E-state index in [0.717, 1.165) is 0 Å². The summed E-state index contributed by atoms with van der Waals surface area (Å²) in [6.07, 6.45) is 0. The van der Waals surface area contributed by atoms with E-state index in [1.54, 1.807) is 0 Å². The fraction of sp³-hybridized carbons (Fsp3) is 0.152. The number of aryl methyl sites for hydroxylation is 6. The number of fused-ring (bicyclic) bond motifs is 15. The second kappa shape index (κ2) is 21.0. The zero-order valence-corrected chi connectivity index (χ0v) is 58.7. The van der Waals surface area contributed by atoms with Gasteiger partial charge < -0.3 is 0 Å². The van der Waals surface area contributed by atoms with Gasteiger partial charge in [0.05, 0.1) is 0 Å². The summed E-state index contributed by atoms with van der Waals surface area (Å²) in [7, 11) is 0. The van der Waals surface area contributed by atoms with E-state index in [1.807, 2.05) is 0 Å². The molecule has 99 heavy (non-hydrogen) atoms. The molecule has 16 aromatic carbocycles. The minimum atomic E-state index is -0.267. The van der Waals surface area contributed by atoms with Gasteiger partial charge in [0.25, 0.3) is 0 Å². The summed E-state index contributed by atoms with van der Waals surface area (Å²) in [5.74, 6) is 0. The molecule has 0 bridgehead atoms. The van der Waals surface area contributed by atoms with E-state index in [-0.39, 0.29) is 16.2 Å². The Morgan fingerprint density at radius 3 is 0.707 bits per heavy atom.